The molecule has 0 bridgehead atoms. The Morgan fingerprint density at radius 3 is 2.08 bits per heavy atom. The number of carboxylic acids is 2. The molecule has 0 radical (unpaired) electrons. The Bertz CT molecular complexity index is 1490. The number of sulfonamides is 1. The highest BCUT2D eigenvalue weighted by molar-refractivity contribution is 7.92. The molecular formula is C24H19ClN2O9S. The Morgan fingerprint density at radius 2 is 1.49 bits per heavy atom. The lowest BCUT2D eigenvalue weighted by atomic mass is 10.1. The van der Waals surface area contributed by atoms with Crippen LogP contribution in [0.15, 0.2) is 65.6 Å². The van der Waals surface area contributed by atoms with Gasteiger partial charge in [0.05, 0.1) is 46.6 Å². The molecule has 0 fully saturated rings. The number of ether oxygens (including phenoxy) is 1. The molecule has 0 aliphatic rings. The first-order valence-corrected chi connectivity index (χ1v) is 12.2. The maximum Gasteiger partial charge on any atom is 0.337 e. The van der Waals surface area contributed by atoms with Crippen molar-refractivity contribution in [3.63, 3.8) is 0 Å². The topological polar surface area (TPSA) is 176 Å². The van der Waals surface area contributed by atoms with Crippen LogP contribution >= 0.6 is 11.6 Å². The molecule has 0 saturated carbocycles. The molecule has 4 N–H and O–H groups in total. The first kappa shape index (κ1) is 27.2. The van der Waals surface area contributed by atoms with Crippen molar-refractivity contribution in [3.05, 3.63) is 82.4 Å². The monoisotopic (exact) mass is 546 g/mol. The second-order valence-electron chi connectivity index (χ2n) is 7.44. The maximum atomic E-state index is 13.0. The number of aromatic carboxylic acids is 2. The molecule has 0 unspecified atom stereocenters. The van der Waals surface area contributed by atoms with Gasteiger partial charge >= 0.3 is 11.9 Å². The summed E-state index contributed by atoms with van der Waals surface area (Å²) < 4.78 is 33.3. The first-order chi connectivity index (χ1) is 17.4. The molecule has 13 heteroatoms. The van der Waals surface area contributed by atoms with E-state index >= 15 is 0 Å². The van der Waals surface area contributed by atoms with E-state index in [4.69, 9.17) is 16.3 Å². The molecule has 0 aliphatic heterocycles. The standard InChI is InChI=1S/C24H19ClN2O9S/c1-36-20-8-3-2-5-14(20)19(28)12-21(29)26-18-11-13(9-10-17(18)25)27-37(34,35)22-15(23(30)31)6-4-7-16(22)24(32)33/h2-11,27H,12H2,1H3,(H,26,29)(H,30,31)(H,32,33). The van der Waals surface area contributed by atoms with Crippen molar-refractivity contribution in [1.82, 2.24) is 0 Å². The van der Waals surface area contributed by atoms with Crippen LogP contribution in [0.4, 0.5) is 11.4 Å². The van der Waals surface area contributed by atoms with Crippen LogP contribution in [-0.2, 0) is 14.8 Å². The van der Waals surface area contributed by atoms with Crippen molar-refractivity contribution < 1.29 is 42.5 Å². The fourth-order valence-electron chi connectivity index (χ4n) is 3.36. The van der Waals surface area contributed by atoms with Crippen molar-refractivity contribution in [2.75, 3.05) is 17.1 Å². The van der Waals surface area contributed by atoms with E-state index in [1.807, 2.05) is 0 Å². The van der Waals surface area contributed by atoms with E-state index in [0.717, 1.165) is 24.3 Å². The zero-order valence-corrected chi connectivity index (χ0v) is 20.6. The number of para-hydroxylation sites is 1. The first-order valence-electron chi connectivity index (χ1n) is 10.3. The lowest BCUT2D eigenvalue weighted by molar-refractivity contribution is -0.115. The number of nitrogens with one attached hydrogen (secondary N) is 2. The molecule has 3 rings (SSSR count). The summed E-state index contributed by atoms with van der Waals surface area (Å²) in [4.78, 5) is 47.2. The summed E-state index contributed by atoms with van der Waals surface area (Å²) in [6.45, 7) is 0. The number of hydrogen-bond donors (Lipinski definition) is 4. The number of amides is 1. The highest BCUT2D eigenvalue weighted by Gasteiger charge is 2.29. The molecule has 0 saturated heterocycles. The van der Waals surface area contributed by atoms with E-state index in [0.29, 0.717) is 0 Å². The minimum Gasteiger partial charge on any atom is -0.496 e. The SMILES string of the molecule is COc1ccccc1C(=O)CC(=O)Nc1cc(NS(=O)(=O)c2c(C(=O)O)cccc2C(=O)O)ccc1Cl. The largest absolute Gasteiger partial charge is 0.496 e. The predicted octanol–water partition coefficient (Wildman–Crippen LogP) is 3.76. The van der Waals surface area contributed by atoms with Gasteiger partial charge < -0.3 is 20.3 Å². The zero-order chi connectivity index (χ0) is 27.3. The average Bonchev–Trinajstić information content (AvgIpc) is 2.85. The number of halogens is 1. The van der Waals surface area contributed by atoms with Crippen LogP contribution in [0, 0.1) is 0 Å². The molecule has 0 heterocycles. The molecular weight excluding hydrogens is 528 g/mol. The lowest BCUT2D eigenvalue weighted by Crippen LogP contribution is -2.21. The number of methoxy groups -OCH3 is 1. The van der Waals surface area contributed by atoms with Gasteiger partial charge in [0.25, 0.3) is 10.0 Å². The van der Waals surface area contributed by atoms with Crippen LogP contribution in [0.3, 0.4) is 0 Å². The smallest absolute Gasteiger partial charge is 0.337 e. The minimum atomic E-state index is -4.72. The summed E-state index contributed by atoms with van der Waals surface area (Å²) in [6, 6.07) is 13.0. The number of benzene rings is 3. The predicted molar refractivity (Wildman–Crippen MR) is 133 cm³/mol. The quantitative estimate of drug-likeness (QED) is 0.218. The van der Waals surface area contributed by atoms with E-state index in [9.17, 15) is 37.8 Å². The van der Waals surface area contributed by atoms with Crippen molar-refractivity contribution in [1.29, 1.82) is 0 Å². The van der Waals surface area contributed by atoms with Gasteiger partial charge in [-0.2, -0.15) is 0 Å². The fraction of sp³-hybridized carbons (Fsp3) is 0.0833. The van der Waals surface area contributed by atoms with E-state index in [2.05, 4.69) is 10.0 Å². The minimum absolute atomic E-state index is 0.0122. The molecule has 0 atom stereocenters. The second-order valence-corrected chi connectivity index (χ2v) is 9.47. The number of hydrogen-bond acceptors (Lipinski definition) is 7. The van der Waals surface area contributed by atoms with Crippen molar-refractivity contribution in [2.45, 2.75) is 11.3 Å². The number of anilines is 2. The van der Waals surface area contributed by atoms with Gasteiger partial charge in [-0.15, -0.1) is 0 Å². The van der Waals surface area contributed by atoms with Gasteiger partial charge in [0.1, 0.15) is 10.6 Å². The summed E-state index contributed by atoms with van der Waals surface area (Å²) in [5.41, 5.74) is -1.51. The molecule has 1 amide bonds. The van der Waals surface area contributed by atoms with Crippen LogP contribution in [0.2, 0.25) is 5.02 Å². The highest BCUT2D eigenvalue weighted by atomic mass is 35.5. The average molecular weight is 547 g/mol. The van der Waals surface area contributed by atoms with Crippen molar-refractivity contribution in [3.8, 4) is 5.75 Å². The fourth-order valence-corrected chi connectivity index (χ4v) is 4.96. The number of carboxylic acid groups (broad SMARTS) is 2. The van der Waals surface area contributed by atoms with Gasteiger partial charge in [0.2, 0.25) is 5.91 Å². The highest BCUT2D eigenvalue weighted by Crippen LogP contribution is 2.29. The summed E-state index contributed by atoms with van der Waals surface area (Å²) in [7, 11) is -3.34. The second kappa shape index (κ2) is 11.1. The Labute approximate surface area is 215 Å². The van der Waals surface area contributed by atoms with E-state index in [1.54, 1.807) is 18.2 Å². The van der Waals surface area contributed by atoms with Crippen molar-refractivity contribution in [2.24, 2.45) is 0 Å². The number of rotatable bonds is 10. The summed E-state index contributed by atoms with van der Waals surface area (Å²) >= 11 is 6.11. The molecule has 0 aliphatic carbocycles. The van der Waals surface area contributed by atoms with Gasteiger partial charge in [0, 0.05) is 0 Å². The van der Waals surface area contributed by atoms with E-state index < -0.39 is 56.1 Å². The number of ketones is 1. The third kappa shape index (κ3) is 6.23. The van der Waals surface area contributed by atoms with E-state index in [-0.39, 0.29) is 27.7 Å². The summed E-state index contributed by atoms with van der Waals surface area (Å²) in [5, 5.41) is 21.2. The Hall–Kier alpha value is -4.42. The third-order valence-electron chi connectivity index (χ3n) is 4.97. The zero-order valence-electron chi connectivity index (χ0n) is 19.0. The Balaban J connectivity index is 1.86. The number of Topliss-reactive ketones (excluding diaryl/α,β-unsaturated/α-hetero) is 1. The third-order valence-corrected chi connectivity index (χ3v) is 6.78. The normalized spacial score (nSPS) is 10.9. The Morgan fingerprint density at radius 1 is 0.892 bits per heavy atom. The number of carbonyl (C=O) groups is 4. The van der Waals surface area contributed by atoms with Crippen LogP contribution < -0.4 is 14.8 Å². The molecule has 3 aromatic rings. The van der Waals surface area contributed by atoms with Crippen LogP contribution in [0.25, 0.3) is 0 Å². The van der Waals surface area contributed by atoms with Crippen LogP contribution in [0.1, 0.15) is 37.5 Å². The van der Waals surface area contributed by atoms with Gasteiger partial charge in [-0.1, -0.05) is 29.8 Å². The molecule has 11 nitrogen and oxygen atoms in total. The van der Waals surface area contributed by atoms with Crippen molar-refractivity contribution >= 4 is 56.6 Å². The van der Waals surface area contributed by atoms with E-state index in [1.165, 1.54) is 25.3 Å². The van der Waals surface area contributed by atoms with Crippen LogP contribution in [-0.4, -0.2) is 49.4 Å². The van der Waals surface area contributed by atoms with Crippen LogP contribution in [0.5, 0.6) is 5.75 Å². The van der Waals surface area contributed by atoms with Gasteiger partial charge in [-0.25, -0.2) is 18.0 Å². The molecule has 192 valence electrons. The maximum absolute atomic E-state index is 13.0. The number of carbonyl (C=O) groups excluding carboxylic acids is 2. The summed E-state index contributed by atoms with van der Waals surface area (Å²) in [6.07, 6.45) is -0.569. The van der Waals surface area contributed by atoms with Gasteiger partial charge in [0.15, 0.2) is 5.78 Å². The Kier molecular flexibility index (Phi) is 8.15. The lowest BCUT2D eigenvalue weighted by Gasteiger charge is -2.14. The molecule has 3 aromatic carbocycles. The molecule has 37 heavy (non-hydrogen) atoms. The van der Waals surface area contributed by atoms with Gasteiger partial charge in [-0.05, 0) is 42.5 Å². The molecule has 0 spiro atoms. The molecule has 0 aromatic heterocycles. The van der Waals surface area contributed by atoms with Gasteiger partial charge in [-0.3, -0.25) is 14.3 Å². The summed E-state index contributed by atoms with van der Waals surface area (Å²) in [5.74, 6) is -4.28.